The minimum atomic E-state index is -0.116. The maximum atomic E-state index is 13.2. The van der Waals surface area contributed by atoms with Crippen LogP contribution >= 0.6 is 56.5 Å². The van der Waals surface area contributed by atoms with Crippen molar-refractivity contribution in [1.82, 2.24) is 0 Å². The standard InChI is InChI=1S/C8H3FI2S/c9-5-3-6(10)4-1-2-12-8(4)7(5)11/h1-3H. The third-order valence-corrected chi connectivity index (χ3v) is 4.83. The molecule has 62 valence electrons. The normalized spacial score (nSPS) is 10.9. The van der Waals surface area contributed by atoms with Gasteiger partial charge in [0, 0.05) is 8.96 Å². The Hall–Kier alpha value is 0.570. The van der Waals surface area contributed by atoms with Crippen molar-refractivity contribution >= 4 is 66.6 Å². The molecule has 0 amide bonds. The first-order valence-corrected chi connectivity index (χ1v) is 6.24. The molecule has 0 spiro atoms. The third-order valence-electron chi connectivity index (χ3n) is 1.59. The fraction of sp³-hybridized carbons (Fsp3) is 0. The van der Waals surface area contributed by atoms with Crippen LogP contribution in [0, 0.1) is 13.0 Å². The van der Waals surface area contributed by atoms with Crippen molar-refractivity contribution in [3.8, 4) is 0 Å². The monoisotopic (exact) mass is 404 g/mol. The van der Waals surface area contributed by atoms with Crippen LogP contribution in [0.3, 0.4) is 0 Å². The molecule has 1 heterocycles. The Morgan fingerprint density at radius 3 is 2.83 bits per heavy atom. The van der Waals surface area contributed by atoms with Crippen LogP contribution in [0.2, 0.25) is 0 Å². The molecule has 4 heteroatoms. The van der Waals surface area contributed by atoms with Crippen molar-refractivity contribution in [2.75, 3.05) is 0 Å². The van der Waals surface area contributed by atoms with E-state index in [1.807, 2.05) is 34.0 Å². The molecule has 0 fully saturated rings. The zero-order valence-corrected chi connectivity index (χ0v) is 10.9. The highest BCUT2D eigenvalue weighted by Crippen LogP contribution is 2.31. The molecule has 0 unspecified atom stereocenters. The van der Waals surface area contributed by atoms with Gasteiger partial charge in [0.15, 0.2) is 0 Å². The zero-order valence-electron chi connectivity index (χ0n) is 5.77. The number of benzene rings is 1. The quantitative estimate of drug-likeness (QED) is 0.455. The second-order valence-corrected chi connectivity index (χ2v) is 5.47. The summed E-state index contributed by atoms with van der Waals surface area (Å²) in [7, 11) is 0. The molecule has 0 saturated heterocycles. The molecular formula is C8H3FI2S. The minimum Gasteiger partial charge on any atom is -0.206 e. The van der Waals surface area contributed by atoms with E-state index in [2.05, 4.69) is 22.6 Å². The molecule has 1 aromatic carbocycles. The molecule has 0 N–H and O–H groups in total. The van der Waals surface area contributed by atoms with Crippen LogP contribution < -0.4 is 0 Å². The summed E-state index contributed by atoms with van der Waals surface area (Å²) in [4.78, 5) is 0. The minimum absolute atomic E-state index is 0.116. The molecule has 1 aromatic heterocycles. The highest BCUT2D eigenvalue weighted by molar-refractivity contribution is 14.1. The molecule has 0 atom stereocenters. The van der Waals surface area contributed by atoms with E-state index in [1.165, 1.54) is 0 Å². The molecule has 0 aliphatic rings. The molecular weight excluding hydrogens is 401 g/mol. The van der Waals surface area contributed by atoms with Crippen molar-refractivity contribution in [2.24, 2.45) is 0 Å². The lowest BCUT2D eigenvalue weighted by Crippen LogP contribution is -1.83. The lowest BCUT2D eigenvalue weighted by molar-refractivity contribution is 0.622. The third kappa shape index (κ3) is 1.37. The Labute approximate surface area is 100 Å². The number of fused-ring (bicyclic) bond motifs is 1. The van der Waals surface area contributed by atoms with Crippen molar-refractivity contribution in [1.29, 1.82) is 0 Å². The van der Waals surface area contributed by atoms with E-state index >= 15 is 0 Å². The summed E-state index contributed by atoms with van der Waals surface area (Å²) in [6.07, 6.45) is 0. The summed E-state index contributed by atoms with van der Waals surface area (Å²) >= 11 is 5.80. The number of hydrogen-bond donors (Lipinski definition) is 0. The maximum absolute atomic E-state index is 13.2. The van der Waals surface area contributed by atoms with Gasteiger partial charge in [-0.3, -0.25) is 0 Å². The van der Waals surface area contributed by atoms with Gasteiger partial charge in [-0.15, -0.1) is 11.3 Å². The summed E-state index contributed by atoms with van der Waals surface area (Å²) < 4.78 is 16.0. The van der Waals surface area contributed by atoms with Gasteiger partial charge in [-0.2, -0.15) is 0 Å². The predicted molar refractivity (Wildman–Crippen MR) is 67.2 cm³/mol. The predicted octanol–water partition coefficient (Wildman–Crippen LogP) is 4.25. The summed E-state index contributed by atoms with van der Waals surface area (Å²) in [5.41, 5.74) is 0. The summed E-state index contributed by atoms with van der Waals surface area (Å²) in [5.74, 6) is -0.116. The molecule has 12 heavy (non-hydrogen) atoms. The Bertz CT molecular complexity index is 436. The zero-order chi connectivity index (χ0) is 8.72. The van der Waals surface area contributed by atoms with Gasteiger partial charge in [0.05, 0.1) is 8.27 Å². The number of thiophene rings is 1. The van der Waals surface area contributed by atoms with Crippen LogP contribution in [0.4, 0.5) is 4.39 Å². The average Bonchev–Trinajstić information content (AvgIpc) is 2.48. The smallest absolute Gasteiger partial charge is 0.139 e. The van der Waals surface area contributed by atoms with Crippen LogP contribution in [0.15, 0.2) is 17.5 Å². The molecule has 2 aromatic rings. The average molecular weight is 404 g/mol. The molecule has 2 rings (SSSR count). The molecule has 0 aliphatic carbocycles. The summed E-state index contributed by atoms with van der Waals surface area (Å²) in [5, 5.41) is 3.15. The van der Waals surface area contributed by atoms with E-state index in [9.17, 15) is 4.39 Å². The number of hydrogen-bond acceptors (Lipinski definition) is 1. The largest absolute Gasteiger partial charge is 0.206 e. The lowest BCUT2D eigenvalue weighted by atomic mass is 10.3. The topological polar surface area (TPSA) is 0 Å². The second-order valence-electron chi connectivity index (χ2n) is 2.32. The number of rotatable bonds is 0. The Morgan fingerprint density at radius 1 is 1.33 bits per heavy atom. The first kappa shape index (κ1) is 9.14. The van der Waals surface area contributed by atoms with Crippen LogP contribution in [0.25, 0.3) is 10.1 Å². The van der Waals surface area contributed by atoms with Gasteiger partial charge in [0.25, 0.3) is 0 Å². The van der Waals surface area contributed by atoms with E-state index < -0.39 is 0 Å². The van der Waals surface area contributed by atoms with Crippen molar-refractivity contribution < 1.29 is 4.39 Å². The van der Waals surface area contributed by atoms with Gasteiger partial charge in [-0.25, -0.2) is 4.39 Å². The SMILES string of the molecule is Fc1cc(I)c2ccsc2c1I. The first-order chi connectivity index (χ1) is 5.70. The first-order valence-electron chi connectivity index (χ1n) is 3.21. The molecule has 0 radical (unpaired) electrons. The molecule has 0 bridgehead atoms. The van der Waals surface area contributed by atoms with E-state index in [0.717, 1.165) is 17.2 Å². The van der Waals surface area contributed by atoms with Gasteiger partial charge >= 0.3 is 0 Å². The maximum Gasteiger partial charge on any atom is 0.139 e. The van der Waals surface area contributed by atoms with Gasteiger partial charge < -0.3 is 0 Å². The second kappa shape index (κ2) is 3.38. The van der Waals surface area contributed by atoms with Crippen LogP contribution in [-0.4, -0.2) is 0 Å². The van der Waals surface area contributed by atoms with Gasteiger partial charge in [-0.1, -0.05) is 0 Å². The van der Waals surface area contributed by atoms with E-state index in [1.54, 1.807) is 17.4 Å². The van der Waals surface area contributed by atoms with Crippen molar-refractivity contribution in [2.45, 2.75) is 0 Å². The molecule has 0 saturated carbocycles. The van der Waals surface area contributed by atoms with E-state index in [-0.39, 0.29) is 5.82 Å². The Morgan fingerprint density at radius 2 is 2.08 bits per heavy atom. The highest BCUT2D eigenvalue weighted by Gasteiger charge is 2.08. The van der Waals surface area contributed by atoms with Crippen molar-refractivity contribution in [3.63, 3.8) is 0 Å². The van der Waals surface area contributed by atoms with Crippen LogP contribution in [0.1, 0.15) is 0 Å². The highest BCUT2D eigenvalue weighted by atomic mass is 127. The molecule has 0 nitrogen and oxygen atoms in total. The van der Waals surface area contributed by atoms with Crippen molar-refractivity contribution in [3.05, 3.63) is 30.5 Å². The fourth-order valence-electron chi connectivity index (χ4n) is 1.03. The molecule has 0 aliphatic heterocycles. The number of halogens is 3. The van der Waals surface area contributed by atoms with Gasteiger partial charge in [-0.05, 0) is 62.7 Å². The Kier molecular flexibility index (Phi) is 2.57. The van der Waals surface area contributed by atoms with E-state index in [4.69, 9.17) is 0 Å². The summed E-state index contributed by atoms with van der Waals surface area (Å²) in [6.45, 7) is 0. The fourth-order valence-corrected chi connectivity index (χ4v) is 3.61. The van der Waals surface area contributed by atoms with Crippen LogP contribution in [0.5, 0.6) is 0 Å². The van der Waals surface area contributed by atoms with Gasteiger partial charge in [0.2, 0.25) is 0 Å². The Balaban J connectivity index is 2.97. The van der Waals surface area contributed by atoms with Gasteiger partial charge in [0.1, 0.15) is 5.82 Å². The lowest BCUT2D eigenvalue weighted by Gasteiger charge is -1.98. The van der Waals surface area contributed by atoms with E-state index in [0.29, 0.717) is 0 Å². The van der Waals surface area contributed by atoms with Crippen LogP contribution in [-0.2, 0) is 0 Å². The summed E-state index contributed by atoms with van der Waals surface area (Å²) in [6, 6.07) is 3.61.